The molecule has 0 N–H and O–H groups in total. The van der Waals surface area contributed by atoms with Gasteiger partial charge >= 0.3 is 0 Å². The van der Waals surface area contributed by atoms with E-state index in [9.17, 15) is 4.79 Å². The van der Waals surface area contributed by atoms with Gasteiger partial charge in [0.2, 0.25) is 5.91 Å². The van der Waals surface area contributed by atoms with Gasteiger partial charge in [0.1, 0.15) is 0 Å². The van der Waals surface area contributed by atoms with Gasteiger partial charge in [-0.1, -0.05) is 0 Å². The lowest BCUT2D eigenvalue weighted by molar-refractivity contribution is -0.160. The van der Waals surface area contributed by atoms with Gasteiger partial charge in [-0.25, -0.2) is 0 Å². The van der Waals surface area contributed by atoms with E-state index in [-0.39, 0.29) is 5.41 Å². The van der Waals surface area contributed by atoms with Crippen LogP contribution in [-0.4, -0.2) is 48.4 Å². The minimum atomic E-state index is 0.0599. The van der Waals surface area contributed by atoms with Crippen molar-refractivity contribution in [3.8, 4) is 0 Å². The van der Waals surface area contributed by atoms with E-state index in [0.29, 0.717) is 11.9 Å². The van der Waals surface area contributed by atoms with Crippen LogP contribution in [0.15, 0.2) is 0 Å². The third-order valence-corrected chi connectivity index (χ3v) is 6.74. The molecular weight excluding hydrogens is 248 g/mol. The fraction of sp³-hybridized carbons (Fsp3) is 0.941. The highest BCUT2D eigenvalue weighted by Gasteiger charge is 2.55. The molecule has 1 amide bonds. The molecule has 3 heteroatoms. The van der Waals surface area contributed by atoms with Gasteiger partial charge in [0, 0.05) is 25.7 Å². The molecule has 4 aliphatic carbocycles. The molecule has 3 nitrogen and oxygen atoms in total. The van der Waals surface area contributed by atoms with Gasteiger partial charge in [0.15, 0.2) is 0 Å². The van der Waals surface area contributed by atoms with E-state index in [1.54, 1.807) is 0 Å². The summed E-state index contributed by atoms with van der Waals surface area (Å²) in [4.78, 5) is 17.8. The number of nitrogens with zero attached hydrogens (tertiary/aromatic N) is 2. The van der Waals surface area contributed by atoms with Crippen molar-refractivity contribution in [2.24, 2.45) is 23.2 Å². The molecule has 1 saturated heterocycles. The number of likely N-dealkylation sites (N-methyl/N-ethyl adjacent to an activating group) is 1. The summed E-state index contributed by atoms with van der Waals surface area (Å²) < 4.78 is 0. The maximum Gasteiger partial charge on any atom is 0.228 e. The van der Waals surface area contributed by atoms with Crippen molar-refractivity contribution in [2.75, 3.05) is 26.7 Å². The lowest BCUT2D eigenvalue weighted by atomic mass is 9.49. The predicted molar refractivity (Wildman–Crippen MR) is 79.3 cm³/mol. The minimum absolute atomic E-state index is 0.0599. The van der Waals surface area contributed by atoms with E-state index in [4.69, 9.17) is 0 Å². The second-order valence-electron chi connectivity index (χ2n) is 8.28. The predicted octanol–water partition coefficient (Wildman–Crippen LogP) is 2.37. The zero-order chi connectivity index (χ0) is 13.9. The first-order chi connectivity index (χ1) is 9.56. The highest BCUT2D eigenvalue weighted by Crippen LogP contribution is 2.60. The van der Waals surface area contributed by atoms with Gasteiger partial charge < -0.3 is 9.80 Å². The summed E-state index contributed by atoms with van der Waals surface area (Å²) in [6.45, 7) is 5.18. The van der Waals surface area contributed by atoms with Crippen LogP contribution in [-0.2, 0) is 4.79 Å². The zero-order valence-electron chi connectivity index (χ0n) is 13.0. The van der Waals surface area contributed by atoms with E-state index in [1.165, 1.54) is 38.5 Å². The summed E-state index contributed by atoms with van der Waals surface area (Å²) in [5.74, 6) is 3.14. The number of rotatable bonds is 1. The SMILES string of the molecule is CC1CN(C(=O)C23CC4CC(CC(C4)C2)C3)CCN1C. The Morgan fingerprint density at radius 1 is 1.00 bits per heavy atom. The average molecular weight is 276 g/mol. The largest absolute Gasteiger partial charge is 0.339 e. The molecule has 1 heterocycles. The summed E-state index contributed by atoms with van der Waals surface area (Å²) in [7, 11) is 2.18. The molecular formula is C17H28N2O. The van der Waals surface area contributed by atoms with Crippen LogP contribution in [0.2, 0.25) is 0 Å². The average Bonchev–Trinajstić information content (AvgIpc) is 2.39. The van der Waals surface area contributed by atoms with Gasteiger partial charge in [-0.05, 0) is 70.3 Å². The monoisotopic (exact) mass is 276 g/mol. The Kier molecular flexibility index (Phi) is 2.93. The molecule has 5 rings (SSSR count). The van der Waals surface area contributed by atoms with Crippen LogP contribution in [0.4, 0.5) is 0 Å². The summed E-state index contributed by atoms with van der Waals surface area (Å²) in [5, 5.41) is 0. The van der Waals surface area contributed by atoms with Crippen molar-refractivity contribution in [3.05, 3.63) is 0 Å². The lowest BCUT2D eigenvalue weighted by Gasteiger charge is -2.57. The quantitative estimate of drug-likeness (QED) is 0.734. The number of amides is 1. The lowest BCUT2D eigenvalue weighted by Crippen LogP contribution is -2.59. The molecule has 5 aliphatic rings. The molecule has 112 valence electrons. The van der Waals surface area contributed by atoms with Crippen molar-refractivity contribution in [2.45, 2.75) is 51.5 Å². The molecule has 0 spiro atoms. The van der Waals surface area contributed by atoms with Gasteiger partial charge in [0.05, 0.1) is 5.41 Å². The maximum atomic E-state index is 13.2. The van der Waals surface area contributed by atoms with Gasteiger partial charge in [-0.15, -0.1) is 0 Å². The Balaban J connectivity index is 1.53. The Labute approximate surface area is 122 Å². The number of hydrogen-bond acceptors (Lipinski definition) is 2. The number of carbonyl (C=O) groups is 1. The third-order valence-electron chi connectivity index (χ3n) is 6.74. The van der Waals surface area contributed by atoms with Crippen LogP contribution in [0.5, 0.6) is 0 Å². The Morgan fingerprint density at radius 3 is 2.05 bits per heavy atom. The standard InChI is InChI=1S/C17H28N2O/c1-12-11-19(4-3-18(12)2)16(20)17-8-13-5-14(9-17)7-15(6-13)10-17/h12-15H,3-11H2,1-2H3. The molecule has 4 saturated carbocycles. The molecule has 1 atom stereocenters. The third kappa shape index (κ3) is 1.93. The van der Waals surface area contributed by atoms with E-state index in [0.717, 1.165) is 37.4 Å². The van der Waals surface area contributed by atoms with Crippen molar-refractivity contribution in [3.63, 3.8) is 0 Å². The van der Waals surface area contributed by atoms with E-state index >= 15 is 0 Å². The van der Waals surface area contributed by atoms with Gasteiger partial charge in [-0.2, -0.15) is 0 Å². The second-order valence-corrected chi connectivity index (χ2v) is 8.28. The Morgan fingerprint density at radius 2 is 1.55 bits per heavy atom. The van der Waals surface area contributed by atoms with Crippen molar-refractivity contribution >= 4 is 5.91 Å². The summed E-state index contributed by atoms with van der Waals surface area (Å²) >= 11 is 0. The number of piperazine rings is 1. The highest BCUT2D eigenvalue weighted by atomic mass is 16.2. The molecule has 0 aromatic heterocycles. The van der Waals surface area contributed by atoms with E-state index in [2.05, 4.69) is 23.8 Å². The molecule has 4 bridgehead atoms. The van der Waals surface area contributed by atoms with Crippen LogP contribution in [0, 0.1) is 23.2 Å². The first-order valence-corrected chi connectivity index (χ1v) is 8.55. The summed E-state index contributed by atoms with van der Waals surface area (Å²) in [6.07, 6.45) is 7.89. The topological polar surface area (TPSA) is 23.6 Å². The van der Waals surface area contributed by atoms with Crippen LogP contribution in [0.3, 0.4) is 0 Å². The van der Waals surface area contributed by atoms with Crippen LogP contribution in [0.25, 0.3) is 0 Å². The fourth-order valence-corrected chi connectivity index (χ4v) is 5.94. The second kappa shape index (κ2) is 4.46. The molecule has 1 aliphatic heterocycles. The van der Waals surface area contributed by atoms with Crippen LogP contribution < -0.4 is 0 Å². The van der Waals surface area contributed by atoms with E-state index in [1.807, 2.05) is 0 Å². The number of carbonyl (C=O) groups excluding carboxylic acids is 1. The molecule has 0 aromatic rings. The molecule has 5 fully saturated rings. The zero-order valence-corrected chi connectivity index (χ0v) is 13.0. The normalized spacial score (nSPS) is 47.8. The fourth-order valence-electron chi connectivity index (χ4n) is 5.94. The molecule has 20 heavy (non-hydrogen) atoms. The first-order valence-electron chi connectivity index (χ1n) is 8.55. The van der Waals surface area contributed by atoms with Crippen molar-refractivity contribution in [1.82, 2.24) is 9.80 Å². The minimum Gasteiger partial charge on any atom is -0.339 e. The van der Waals surface area contributed by atoms with Crippen LogP contribution >= 0.6 is 0 Å². The van der Waals surface area contributed by atoms with Gasteiger partial charge in [0.25, 0.3) is 0 Å². The molecule has 1 unspecified atom stereocenters. The summed E-state index contributed by atoms with van der Waals surface area (Å²) in [6, 6.07) is 0.515. The van der Waals surface area contributed by atoms with E-state index < -0.39 is 0 Å². The molecule has 0 aromatic carbocycles. The number of hydrogen-bond donors (Lipinski definition) is 0. The first kappa shape index (κ1) is 13.1. The van der Waals surface area contributed by atoms with Crippen molar-refractivity contribution in [1.29, 1.82) is 0 Å². The van der Waals surface area contributed by atoms with Crippen LogP contribution in [0.1, 0.15) is 45.4 Å². The molecule has 0 radical (unpaired) electrons. The maximum absolute atomic E-state index is 13.2. The van der Waals surface area contributed by atoms with Gasteiger partial charge in [-0.3, -0.25) is 4.79 Å². The van der Waals surface area contributed by atoms with Crippen molar-refractivity contribution < 1.29 is 4.79 Å². The Bertz CT molecular complexity index is 384. The Hall–Kier alpha value is -0.570. The highest BCUT2D eigenvalue weighted by molar-refractivity contribution is 5.83. The smallest absolute Gasteiger partial charge is 0.228 e. The summed E-state index contributed by atoms with van der Waals surface area (Å²) in [5.41, 5.74) is 0.0599.